The van der Waals surface area contributed by atoms with E-state index in [0.29, 0.717) is 11.4 Å². The fourth-order valence-electron chi connectivity index (χ4n) is 2.34. The third-order valence-corrected chi connectivity index (χ3v) is 6.14. The van der Waals surface area contributed by atoms with Crippen molar-refractivity contribution in [1.29, 1.82) is 0 Å². The van der Waals surface area contributed by atoms with Crippen LogP contribution < -0.4 is 10.0 Å². The van der Waals surface area contributed by atoms with Gasteiger partial charge in [0.25, 0.3) is 0 Å². The third kappa shape index (κ3) is 3.45. The van der Waals surface area contributed by atoms with Crippen LogP contribution in [0.4, 0.5) is 5.69 Å². The Balaban J connectivity index is 2.30. The number of thiophene rings is 1. The summed E-state index contributed by atoms with van der Waals surface area (Å²) in [6.07, 6.45) is 0. The molecule has 2 rings (SSSR count). The van der Waals surface area contributed by atoms with Crippen LogP contribution in [-0.2, 0) is 16.6 Å². The lowest BCUT2D eigenvalue weighted by Gasteiger charge is -2.14. The van der Waals surface area contributed by atoms with Crippen LogP contribution in [0.15, 0.2) is 28.5 Å². The van der Waals surface area contributed by atoms with Gasteiger partial charge in [-0.3, -0.25) is 0 Å². The molecule has 2 N–H and O–H groups in total. The van der Waals surface area contributed by atoms with E-state index in [2.05, 4.69) is 10.0 Å². The van der Waals surface area contributed by atoms with Crippen molar-refractivity contribution >= 4 is 27.0 Å². The SMILES string of the molecule is CNc1cc(C)c(S(=O)(=O)NCc2sccc2C)c(C)c1. The fourth-order valence-corrected chi connectivity index (χ4v) is 4.72. The lowest BCUT2D eigenvalue weighted by molar-refractivity contribution is 0.580. The van der Waals surface area contributed by atoms with Gasteiger partial charge < -0.3 is 5.32 Å². The molecule has 0 bridgehead atoms. The summed E-state index contributed by atoms with van der Waals surface area (Å²) in [4.78, 5) is 1.41. The van der Waals surface area contributed by atoms with Crippen molar-refractivity contribution in [1.82, 2.24) is 4.72 Å². The molecule has 21 heavy (non-hydrogen) atoms. The number of benzene rings is 1. The van der Waals surface area contributed by atoms with Gasteiger partial charge in [0.05, 0.1) is 4.90 Å². The van der Waals surface area contributed by atoms with Crippen molar-refractivity contribution < 1.29 is 8.42 Å². The van der Waals surface area contributed by atoms with Gasteiger partial charge in [-0.25, -0.2) is 13.1 Å². The van der Waals surface area contributed by atoms with Crippen LogP contribution in [0.3, 0.4) is 0 Å². The Labute approximate surface area is 130 Å². The summed E-state index contributed by atoms with van der Waals surface area (Å²) in [5, 5.41) is 5.00. The molecule has 0 saturated heterocycles. The molecule has 1 aromatic carbocycles. The number of anilines is 1. The van der Waals surface area contributed by atoms with Crippen molar-refractivity contribution in [2.45, 2.75) is 32.2 Å². The number of hydrogen-bond acceptors (Lipinski definition) is 4. The van der Waals surface area contributed by atoms with Gasteiger partial charge in [-0.1, -0.05) is 0 Å². The number of aryl methyl sites for hydroxylation is 3. The maximum Gasteiger partial charge on any atom is 0.241 e. The van der Waals surface area contributed by atoms with Crippen LogP contribution in [0.2, 0.25) is 0 Å². The first kappa shape index (κ1) is 16.0. The van der Waals surface area contributed by atoms with Crippen molar-refractivity contribution in [2.24, 2.45) is 0 Å². The summed E-state index contributed by atoms with van der Waals surface area (Å²) in [6.45, 7) is 5.95. The molecule has 0 amide bonds. The summed E-state index contributed by atoms with van der Waals surface area (Å²) in [5.74, 6) is 0. The van der Waals surface area contributed by atoms with Crippen LogP contribution in [0.1, 0.15) is 21.6 Å². The third-order valence-electron chi connectivity index (χ3n) is 3.41. The van der Waals surface area contributed by atoms with Crippen LogP contribution in [0.5, 0.6) is 0 Å². The molecule has 1 heterocycles. The minimum absolute atomic E-state index is 0.332. The molecule has 0 spiro atoms. The predicted octanol–water partition coefficient (Wildman–Crippen LogP) is 3.19. The average molecular weight is 324 g/mol. The highest BCUT2D eigenvalue weighted by Gasteiger charge is 2.20. The first-order chi connectivity index (χ1) is 9.85. The van der Waals surface area contributed by atoms with E-state index in [1.165, 1.54) is 0 Å². The van der Waals surface area contributed by atoms with Crippen molar-refractivity contribution in [3.63, 3.8) is 0 Å². The predicted molar refractivity (Wildman–Crippen MR) is 88.5 cm³/mol. The van der Waals surface area contributed by atoms with Crippen LogP contribution in [0, 0.1) is 20.8 Å². The van der Waals surface area contributed by atoms with Gasteiger partial charge in [-0.2, -0.15) is 0 Å². The minimum Gasteiger partial charge on any atom is -0.388 e. The van der Waals surface area contributed by atoms with Crippen LogP contribution in [-0.4, -0.2) is 15.5 Å². The van der Waals surface area contributed by atoms with E-state index in [1.807, 2.05) is 51.4 Å². The fraction of sp³-hybridized carbons (Fsp3) is 0.333. The standard InChI is InChI=1S/C15H20N2O2S2/c1-10-5-6-20-14(10)9-17-21(18,19)15-11(2)7-13(16-4)8-12(15)3/h5-8,16-17H,9H2,1-4H3. The molecule has 0 aliphatic heterocycles. The Morgan fingerprint density at radius 3 is 2.19 bits per heavy atom. The zero-order chi connectivity index (χ0) is 15.6. The zero-order valence-corrected chi connectivity index (χ0v) is 14.3. The second-order valence-corrected chi connectivity index (χ2v) is 7.74. The minimum atomic E-state index is -3.51. The first-order valence-electron chi connectivity index (χ1n) is 6.67. The number of nitrogens with one attached hydrogen (secondary N) is 2. The Bertz CT molecular complexity index is 726. The zero-order valence-electron chi connectivity index (χ0n) is 12.6. The number of rotatable bonds is 5. The van der Waals surface area contributed by atoms with E-state index in [1.54, 1.807) is 11.3 Å². The molecule has 0 aliphatic carbocycles. The second-order valence-electron chi connectivity index (χ2n) is 5.04. The summed E-state index contributed by atoms with van der Waals surface area (Å²) < 4.78 is 27.8. The molecule has 0 unspecified atom stereocenters. The van der Waals surface area contributed by atoms with Gasteiger partial charge >= 0.3 is 0 Å². The molecule has 114 valence electrons. The van der Waals surface area contributed by atoms with Gasteiger partial charge in [0.2, 0.25) is 10.0 Å². The van der Waals surface area contributed by atoms with Gasteiger partial charge in [0, 0.05) is 24.2 Å². The molecule has 2 aromatic rings. The molecule has 0 saturated carbocycles. The van der Waals surface area contributed by atoms with E-state index < -0.39 is 10.0 Å². The molecule has 0 atom stereocenters. The Morgan fingerprint density at radius 2 is 1.71 bits per heavy atom. The smallest absolute Gasteiger partial charge is 0.241 e. The first-order valence-corrected chi connectivity index (χ1v) is 9.03. The highest BCUT2D eigenvalue weighted by molar-refractivity contribution is 7.89. The van der Waals surface area contributed by atoms with E-state index >= 15 is 0 Å². The quantitative estimate of drug-likeness (QED) is 0.888. The summed E-state index contributed by atoms with van der Waals surface area (Å²) in [7, 11) is -1.69. The Hall–Kier alpha value is -1.37. The van der Waals surface area contributed by atoms with Crippen molar-refractivity contribution in [3.05, 3.63) is 45.1 Å². The van der Waals surface area contributed by atoms with E-state index in [4.69, 9.17) is 0 Å². The Morgan fingerprint density at radius 1 is 1.10 bits per heavy atom. The molecule has 4 nitrogen and oxygen atoms in total. The highest BCUT2D eigenvalue weighted by Crippen LogP contribution is 2.25. The van der Waals surface area contributed by atoms with Gasteiger partial charge in [0.15, 0.2) is 0 Å². The van der Waals surface area contributed by atoms with E-state index in [0.717, 1.165) is 27.3 Å². The maximum absolute atomic E-state index is 12.6. The average Bonchev–Trinajstić information content (AvgIpc) is 2.80. The van der Waals surface area contributed by atoms with Gasteiger partial charge in [-0.05, 0) is 61.0 Å². The molecular formula is C15H20N2O2S2. The monoisotopic (exact) mass is 324 g/mol. The number of sulfonamides is 1. The maximum atomic E-state index is 12.6. The highest BCUT2D eigenvalue weighted by atomic mass is 32.2. The topological polar surface area (TPSA) is 58.2 Å². The van der Waals surface area contributed by atoms with Gasteiger partial charge in [-0.15, -0.1) is 11.3 Å². The van der Waals surface area contributed by atoms with Gasteiger partial charge in [0.1, 0.15) is 0 Å². The molecule has 6 heteroatoms. The van der Waals surface area contributed by atoms with Crippen molar-refractivity contribution in [2.75, 3.05) is 12.4 Å². The molecule has 0 aliphatic rings. The normalized spacial score (nSPS) is 11.6. The molecular weight excluding hydrogens is 304 g/mol. The van der Waals surface area contributed by atoms with Crippen molar-refractivity contribution in [3.8, 4) is 0 Å². The van der Waals surface area contributed by atoms with E-state index in [9.17, 15) is 8.42 Å². The summed E-state index contributed by atoms with van der Waals surface area (Å²) >= 11 is 1.56. The largest absolute Gasteiger partial charge is 0.388 e. The second kappa shape index (κ2) is 6.17. The lowest BCUT2D eigenvalue weighted by Crippen LogP contribution is -2.24. The summed E-state index contributed by atoms with van der Waals surface area (Å²) in [5.41, 5.74) is 3.52. The lowest BCUT2D eigenvalue weighted by atomic mass is 10.1. The summed E-state index contributed by atoms with van der Waals surface area (Å²) in [6, 6.07) is 5.68. The Kier molecular flexibility index (Phi) is 4.70. The van der Waals surface area contributed by atoms with E-state index in [-0.39, 0.29) is 0 Å². The molecule has 0 fully saturated rings. The molecule has 0 radical (unpaired) electrons. The number of hydrogen-bond donors (Lipinski definition) is 2. The molecule has 1 aromatic heterocycles. The van der Waals surface area contributed by atoms with Crippen LogP contribution >= 0.6 is 11.3 Å². The van der Waals surface area contributed by atoms with Crippen LogP contribution in [0.25, 0.3) is 0 Å².